The third kappa shape index (κ3) is 4.30. The van der Waals surface area contributed by atoms with Gasteiger partial charge in [-0.25, -0.2) is 0 Å². The second-order valence-electron chi connectivity index (χ2n) is 3.75. The van der Waals surface area contributed by atoms with Crippen LogP contribution in [0, 0.1) is 11.3 Å². The normalized spacial score (nSPS) is 10.1. The maximum Gasteiger partial charge on any atom is 0.216 e. The molecule has 4 nitrogen and oxygen atoms in total. The molecule has 0 aliphatic carbocycles. The van der Waals surface area contributed by atoms with Crippen LogP contribution in [0.5, 0.6) is 5.75 Å². The fraction of sp³-hybridized carbons (Fsp3) is 0.286. The topological polar surface area (TPSA) is 62.1 Å². The summed E-state index contributed by atoms with van der Waals surface area (Å²) in [6.07, 6.45) is 4.67. The van der Waals surface area contributed by atoms with E-state index in [1.165, 1.54) is 6.92 Å². The lowest BCUT2D eigenvalue weighted by Crippen LogP contribution is -2.20. The summed E-state index contributed by atoms with van der Waals surface area (Å²) in [5.74, 6) is 0.546. The summed E-state index contributed by atoms with van der Waals surface area (Å²) >= 11 is 0. The van der Waals surface area contributed by atoms with E-state index in [1.807, 2.05) is 24.3 Å². The van der Waals surface area contributed by atoms with Crippen LogP contribution in [0.4, 0.5) is 0 Å². The molecule has 4 heteroatoms. The number of carbonyl (C=O) groups excluding carboxylic acids is 1. The van der Waals surface area contributed by atoms with E-state index in [2.05, 4.69) is 11.4 Å². The number of ether oxygens (including phenoxy) is 1. The van der Waals surface area contributed by atoms with Gasteiger partial charge in [-0.15, -0.1) is 0 Å². The number of benzene rings is 1. The first kappa shape index (κ1) is 13.8. The van der Waals surface area contributed by atoms with Gasteiger partial charge in [-0.1, -0.05) is 18.2 Å². The Kier molecular flexibility index (Phi) is 5.46. The van der Waals surface area contributed by atoms with Gasteiger partial charge in [0.2, 0.25) is 5.91 Å². The van der Waals surface area contributed by atoms with Crippen molar-refractivity contribution in [2.24, 2.45) is 0 Å². The highest BCUT2D eigenvalue weighted by molar-refractivity contribution is 5.72. The average Bonchev–Trinajstić information content (AvgIpc) is 2.37. The molecule has 18 heavy (non-hydrogen) atoms. The van der Waals surface area contributed by atoms with Crippen LogP contribution >= 0.6 is 0 Å². The highest BCUT2D eigenvalue weighted by Crippen LogP contribution is 2.19. The Labute approximate surface area is 107 Å². The molecule has 0 radical (unpaired) electrons. The number of rotatable bonds is 5. The Hall–Kier alpha value is -2.28. The summed E-state index contributed by atoms with van der Waals surface area (Å²) < 4.78 is 5.12. The fourth-order valence-corrected chi connectivity index (χ4v) is 1.45. The lowest BCUT2D eigenvalue weighted by Gasteiger charge is -2.03. The molecule has 1 aromatic rings. The number of methoxy groups -OCH3 is 1. The van der Waals surface area contributed by atoms with E-state index in [-0.39, 0.29) is 5.91 Å². The minimum Gasteiger partial charge on any atom is -0.495 e. The molecule has 1 rings (SSSR count). The summed E-state index contributed by atoms with van der Waals surface area (Å²) in [5, 5.41) is 11.6. The smallest absolute Gasteiger partial charge is 0.216 e. The summed E-state index contributed by atoms with van der Waals surface area (Å²) in [6, 6.07) is 7.46. The summed E-state index contributed by atoms with van der Waals surface area (Å²) in [5.41, 5.74) is 1.49. The molecule has 0 spiro atoms. The van der Waals surface area contributed by atoms with Crippen molar-refractivity contribution in [3.05, 3.63) is 35.4 Å². The van der Waals surface area contributed by atoms with E-state index in [4.69, 9.17) is 10.00 Å². The van der Waals surface area contributed by atoms with E-state index < -0.39 is 0 Å². The highest BCUT2D eigenvalue weighted by atomic mass is 16.5. The van der Waals surface area contributed by atoms with E-state index in [0.717, 1.165) is 12.0 Å². The quantitative estimate of drug-likeness (QED) is 0.807. The van der Waals surface area contributed by atoms with Gasteiger partial charge in [-0.05, 0) is 24.1 Å². The van der Waals surface area contributed by atoms with Gasteiger partial charge in [0.1, 0.15) is 11.8 Å². The first-order valence-corrected chi connectivity index (χ1v) is 5.66. The number of hydrogen-bond donors (Lipinski definition) is 1. The van der Waals surface area contributed by atoms with Crippen molar-refractivity contribution in [3.8, 4) is 11.8 Å². The molecule has 0 fully saturated rings. The van der Waals surface area contributed by atoms with Gasteiger partial charge >= 0.3 is 0 Å². The van der Waals surface area contributed by atoms with Gasteiger partial charge in [-0.3, -0.25) is 4.79 Å². The van der Waals surface area contributed by atoms with Crippen molar-refractivity contribution in [3.63, 3.8) is 0 Å². The second-order valence-corrected chi connectivity index (χ2v) is 3.75. The molecule has 0 saturated heterocycles. The summed E-state index contributed by atoms with van der Waals surface area (Å²) in [4.78, 5) is 10.6. The largest absolute Gasteiger partial charge is 0.495 e. The van der Waals surface area contributed by atoms with Crippen molar-refractivity contribution in [1.29, 1.82) is 5.26 Å². The van der Waals surface area contributed by atoms with Crippen LogP contribution in [-0.4, -0.2) is 19.6 Å². The molecule has 0 bridgehead atoms. The fourth-order valence-electron chi connectivity index (χ4n) is 1.45. The van der Waals surface area contributed by atoms with Crippen LogP contribution in [0.3, 0.4) is 0 Å². The molecule has 0 heterocycles. The van der Waals surface area contributed by atoms with E-state index in [9.17, 15) is 4.79 Å². The maximum absolute atomic E-state index is 10.6. The predicted octanol–water partition coefficient (Wildman–Crippen LogP) is 2.11. The van der Waals surface area contributed by atoms with Crippen LogP contribution in [0.1, 0.15) is 24.5 Å². The third-order valence-corrected chi connectivity index (χ3v) is 2.34. The number of amides is 1. The average molecular weight is 244 g/mol. The van der Waals surface area contributed by atoms with Gasteiger partial charge in [0.15, 0.2) is 0 Å². The molecule has 0 unspecified atom stereocenters. The Bertz CT molecular complexity index is 487. The Morgan fingerprint density at radius 3 is 2.94 bits per heavy atom. The summed E-state index contributed by atoms with van der Waals surface area (Å²) in [6.45, 7) is 2.12. The predicted molar refractivity (Wildman–Crippen MR) is 70.0 cm³/mol. The van der Waals surface area contributed by atoms with Crippen LogP contribution in [0.25, 0.3) is 6.08 Å². The lowest BCUT2D eigenvalue weighted by atomic mass is 10.1. The first-order valence-electron chi connectivity index (χ1n) is 5.66. The van der Waals surface area contributed by atoms with Crippen molar-refractivity contribution >= 4 is 12.0 Å². The zero-order valence-electron chi connectivity index (χ0n) is 10.6. The molecule has 94 valence electrons. The van der Waals surface area contributed by atoms with E-state index in [1.54, 1.807) is 13.2 Å². The lowest BCUT2D eigenvalue weighted by molar-refractivity contribution is -0.118. The van der Waals surface area contributed by atoms with E-state index in [0.29, 0.717) is 17.9 Å². The van der Waals surface area contributed by atoms with Crippen molar-refractivity contribution in [2.45, 2.75) is 13.3 Å². The maximum atomic E-state index is 10.6. The molecule has 0 aromatic heterocycles. The van der Waals surface area contributed by atoms with Crippen LogP contribution in [0.2, 0.25) is 0 Å². The number of nitriles is 1. The zero-order valence-corrected chi connectivity index (χ0v) is 10.6. The molecule has 0 saturated carbocycles. The standard InChI is InChI=1S/C14H16N2O2/c1-11(17)16-8-4-3-5-12-6-7-13(10-15)14(9-12)18-2/h3,5-7,9H,4,8H2,1-2H3,(H,16,17). The Morgan fingerprint density at radius 2 is 2.33 bits per heavy atom. The van der Waals surface area contributed by atoms with Gasteiger partial charge in [0.05, 0.1) is 12.7 Å². The molecule has 0 atom stereocenters. The molecule has 1 aromatic carbocycles. The molecule has 1 N–H and O–H groups in total. The van der Waals surface area contributed by atoms with Crippen LogP contribution in [-0.2, 0) is 4.79 Å². The van der Waals surface area contributed by atoms with Gasteiger partial charge in [-0.2, -0.15) is 5.26 Å². The van der Waals surface area contributed by atoms with Crippen molar-refractivity contribution in [2.75, 3.05) is 13.7 Å². The van der Waals surface area contributed by atoms with Crippen LogP contribution in [0.15, 0.2) is 24.3 Å². The monoisotopic (exact) mass is 244 g/mol. The molecule has 0 aliphatic heterocycles. The van der Waals surface area contributed by atoms with E-state index >= 15 is 0 Å². The van der Waals surface area contributed by atoms with Crippen LogP contribution < -0.4 is 10.1 Å². The second kappa shape index (κ2) is 7.13. The SMILES string of the molecule is COc1cc(C=CCCNC(C)=O)ccc1C#N. The number of carbonyl (C=O) groups is 1. The molecular formula is C14H16N2O2. The third-order valence-electron chi connectivity index (χ3n) is 2.34. The number of nitrogens with zero attached hydrogens (tertiary/aromatic N) is 1. The zero-order chi connectivity index (χ0) is 13.4. The molecule has 0 aliphatic rings. The van der Waals surface area contributed by atoms with Gasteiger partial charge < -0.3 is 10.1 Å². The minimum absolute atomic E-state index is 0.0246. The summed E-state index contributed by atoms with van der Waals surface area (Å²) in [7, 11) is 1.54. The Balaban J connectivity index is 2.60. The van der Waals surface area contributed by atoms with Gasteiger partial charge in [0, 0.05) is 13.5 Å². The first-order chi connectivity index (χ1) is 8.67. The van der Waals surface area contributed by atoms with Crippen molar-refractivity contribution < 1.29 is 9.53 Å². The number of hydrogen-bond acceptors (Lipinski definition) is 3. The Morgan fingerprint density at radius 1 is 1.56 bits per heavy atom. The minimum atomic E-state index is -0.0246. The van der Waals surface area contributed by atoms with Crippen molar-refractivity contribution in [1.82, 2.24) is 5.32 Å². The number of nitrogens with one attached hydrogen (secondary N) is 1. The molecule has 1 amide bonds. The highest BCUT2D eigenvalue weighted by Gasteiger charge is 2.01. The molecular weight excluding hydrogens is 228 g/mol. The van der Waals surface area contributed by atoms with Gasteiger partial charge in [0.25, 0.3) is 0 Å².